The van der Waals surface area contributed by atoms with E-state index in [1.807, 2.05) is 0 Å². The molecule has 0 aliphatic heterocycles. The smallest absolute Gasteiger partial charge is 0.462 e. The van der Waals surface area contributed by atoms with E-state index in [1.165, 1.54) is 161 Å². The largest absolute Gasteiger partial charge is 0.472 e. The lowest BCUT2D eigenvalue weighted by Gasteiger charge is -2.19. The van der Waals surface area contributed by atoms with Crippen LogP contribution in [-0.4, -0.2) is 49.3 Å². The summed E-state index contributed by atoms with van der Waals surface area (Å²) in [6.45, 7) is 3.65. The molecule has 0 radical (unpaired) electrons. The first-order valence-electron chi connectivity index (χ1n) is 35.5. The highest BCUT2D eigenvalue weighted by molar-refractivity contribution is 7.47. The maximum atomic E-state index is 12.8. The van der Waals surface area contributed by atoms with Crippen LogP contribution in [0.5, 0.6) is 0 Å². The number of ether oxygens (including phenoxy) is 2. The third kappa shape index (κ3) is 69.5. The second-order valence-corrected chi connectivity index (χ2v) is 24.8. The van der Waals surface area contributed by atoms with Crippen LogP contribution in [-0.2, 0) is 32.7 Å². The monoisotopic (exact) mass is 1220 g/mol. The Kier molecular flexibility index (Phi) is 67.6. The average molecular weight is 1220 g/mol. The average Bonchev–Trinajstić information content (AvgIpc) is 3.55. The van der Waals surface area contributed by atoms with Crippen molar-refractivity contribution in [2.45, 2.75) is 322 Å². The van der Waals surface area contributed by atoms with Crippen molar-refractivity contribution in [3.8, 4) is 0 Å². The van der Waals surface area contributed by atoms with Crippen LogP contribution in [0.3, 0.4) is 0 Å². The Hall–Kier alpha value is -3.59. The quantitative estimate of drug-likeness (QED) is 0.0264. The van der Waals surface area contributed by atoms with E-state index in [4.69, 9.17) is 24.3 Å². The SMILES string of the molecule is CC/C=C\C/C=C\C/C=C\C/C=C\C/C=C\C/C=C\C/C=C\C/C=C\C/C=C\C/C=C\CCCCCCCCC(=O)OC(COC(=O)CCCCCCCCCCCCCCCCCCCCCCCCCCCCCC)COP(=O)(O)OCCN. The van der Waals surface area contributed by atoms with Gasteiger partial charge in [-0.2, -0.15) is 0 Å². The molecule has 10 heteroatoms. The normalized spacial score (nSPS) is 13.7. The van der Waals surface area contributed by atoms with Crippen LogP contribution in [0.2, 0.25) is 0 Å². The Balaban J connectivity index is 3.96. The Morgan fingerprint density at radius 1 is 0.360 bits per heavy atom. The predicted octanol–water partition coefficient (Wildman–Crippen LogP) is 23.5. The topological polar surface area (TPSA) is 134 Å². The number of phosphoric ester groups is 1. The van der Waals surface area contributed by atoms with Crippen LogP contribution in [0.4, 0.5) is 0 Å². The minimum Gasteiger partial charge on any atom is -0.462 e. The number of carbonyl (C=O) groups excluding carboxylic acids is 2. The highest BCUT2D eigenvalue weighted by Gasteiger charge is 2.26. The van der Waals surface area contributed by atoms with Crippen LogP contribution < -0.4 is 5.73 Å². The van der Waals surface area contributed by atoms with Gasteiger partial charge in [0.15, 0.2) is 6.10 Å². The van der Waals surface area contributed by atoms with E-state index in [2.05, 4.69) is 135 Å². The molecule has 0 rings (SSSR count). The molecule has 494 valence electrons. The molecule has 0 fully saturated rings. The highest BCUT2D eigenvalue weighted by atomic mass is 31.2. The first-order valence-corrected chi connectivity index (χ1v) is 37.0. The van der Waals surface area contributed by atoms with Crippen molar-refractivity contribution in [2.75, 3.05) is 26.4 Å². The predicted molar refractivity (Wildman–Crippen MR) is 371 cm³/mol. The summed E-state index contributed by atoms with van der Waals surface area (Å²) in [5.74, 6) is -0.839. The van der Waals surface area contributed by atoms with Crippen LogP contribution in [0, 0.1) is 0 Å². The minimum atomic E-state index is -4.40. The number of phosphoric acid groups is 1. The minimum absolute atomic E-state index is 0.0464. The third-order valence-corrected chi connectivity index (χ3v) is 16.1. The lowest BCUT2D eigenvalue weighted by molar-refractivity contribution is -0.161. The van der Waals surface area contributed by atoms with Crippen LogP contribution in [0.25, 0.3) is 0 Å². The Bertz CT molecular complexity index is 1830. The van der Waals surface area contributed by atoms with E-state index >= 15 is 0 Å². The summed E-state index contributed by atoms with van der Waals surface area (Å²) in [6, 6.07) is 0. The molecule has 2 atom stereocenters. The molecule has 0 aliphatic carbocycles. The van der Waals surface area contributed by atoms with Gasteiger partial charge in [-0.3, -0.25) is 18.6 Å². The molecule has 0 heterocycles. The number of unbranched alkanes of at least 4 members (excludes halogenated alkanes) is 33. The number of hydrogen-bond acceptors (Lipinski definition) is 8. The number of esters is 2. The van der Waals surface area contributed by atoms with E-state index in [0.29, 0.717) is 6.42 Å². The van der Waals surface area contributed by atoms with Gasteiger partial charge in [-0.05, 0) is 89.9 Å². The summed E-state index contributed by atoms with van der Waals surface area (Å²) in [5, 5.41) is 0. The van der Waals surface area contributed by atoms with E-state index < -0.39 is 26.5 Å². The molecule has 2 unspecified atom stereocenters. The Morgan fingerprint density at radius 3 is 0.953 bits per heavy atom. The fourth-order valence-corrected chi connectivity index (χ4v) is 10.7. The van der Waals surface area contributed by atoms with Gasteiger partial charge in [0.05, 0.1) is 13.2 Å². The first-order chi connectivity index (χ1) is 42.3. The van der Waals surface area contributed by atoms with Gasteiger partial charge in [0.25, 0.3) is 0 Å². The lowest BCUT2D eigenvalue weighted by Crippen LogP contribution is -2.29. The van der Waals surface area contributed by atoms with Crippen molar-refractivity contribution in [1.29, 1.82) is 0 Å². The number of allylic oxidation sites excluding steroid dienone is 20. The zero-order valence-electron chi connectivity index (χ0n) is 55.5. The summed E-state index contributed by atoms with van der Waals surface area (Å²) in [4.78, 5) is 35.4. The van der Waals surface area contributed by atoms with Crippen molar-refractivity contribution in [2.24, 2.45) is 5.73 Å². The van der Waals surface area contributed by atoms with Gasteiger partial charge in [-0.1, -0.05) is 334 Å². The van der Waals surface area contributed by atoms with Crippen molar-refractivity contribution < 1.29 is 37.6 Å². The van der Waals surface area contributed by atoms with Gasteiger partial charge in [0, 0.05) is 19.4 Å². The fourth-order valence-electron chi connectivity index (χ4n) is 9.90. The third-order valence-electron chi connectivity index (χ3n) is 15.1. The molecular formula is C76H132NO8P. The summed E-state index contributed by atoms with van der Waals surface area (Å²) in [6.07, 6.45) is 98.6. The summed E-state index contributed by atoms with van der Waals surface area (Å²) >= 11 is 0. The van der Waals surface area contributed by atoms with Gasteiger partial charge in [-0.25, -0.2) is 4.57 Å². The van der Waals surface area contributed by atoms with Gasteiger partial charge in [0.2, 0.25) is 0 Å². The fraction of sp³-hybridized carbons (Fsp3) is 0.711. The molecule has 0 aliphatic rings. The Morgan fingerprint density at radius 2 is 0.640 bits per heavy atom. The molecule has 86 heavy (non-hydrogen) atoms. The number of rotatable bonds is 66. The molecule has 0 saturated carbocycles. The van der Waals surface area contributed by atoms with Crippen molar-refractivity contribution in [1.82, 2.24) is 0 Å². The second-order valence-electron chi connectivity index (χ2n) is 23.4. The van der Waals surface area contributed by atoms with Gasteiger partial charge in [0.1, 0.15) is 6.61 Å². The first kappa shape index (κ1) is 82.4. The molecule has 0 aromatic carbocycles. The highest BCUT2D eigenvalue weighted by Crippen LogP contribution is 2.43. The number of hydrogen-bond donors (Lipinski definition) is 2. The molecule has 0 saturated heterocycles. The van der Waals surface area contributed by atoms with Crippen LogP contribution >= 0.6 is 7.82 Å². The summed E-state index contributed by atoms with van der Waals surface area (Å²) in [7, 11) is -4.40. The van der Waals surface area contributed by atoms with Crippen LogP contribution in [0.1, 0.15) is 316 Å². The lowest BCUT2D eigenvalue weighted by atomic mass is 10.0. The molecule has 3 N–H and O–H groups in total. The zero-order valence-corrected chi connectivity index (χ0v) is 56.4. The molecule has 0 aromatic rings. The van der Waals surface area contributed by atoms with Crippen LogP contribution in [0.15, 0.2) is 122 Å². The zero-order chi connectivity index (χ0) is 62.3. The molecule has 0 aromatic heterocycles. The molecule has 9 nitrogen and oxygen atoms in total. The number of nitrogens with two attached hydrogens (primary N) is 1. The summed E-state index contributed by atoms with van der Waals surface area (Å²) < 4.78 is 33.2. The van der Waals surface area contributed by atoms with Gasteiger partial charge < -0.3 is 20.1 Å². The maximum Gasteiger partial charge on any atom is 0.472 e. The second kappa shape index (κ2) is 70.5. The maximum absolute atomic E-state index is 12.8. The van der Waals surface area contributed by atoms with Crippen molar-refractivity contribution >= 4 is 19.8 Å². The summed E-state index contributed by atoms with van der Waals surface area (Å²) in [5.41, 5.74) is 5.40. The molecule has 0 amide bonds. The van der Waals surface area contributed by atoms with E-state index in [-0.39, 0.29) is 38.6 Å². The standard InChI is InChI=1S/C76H132NO8P/c1-3-5-7-9-11-13-15-17-19-21-23-25-27-29-31-33-34-35-36-37-38-39-40-41-43-45-47-49-51-53-55-57-59-61-63-65-67-69-76(79)85-74(73-84-86(80,81)83-71-70-77)72-82-75(78)68-66-64-62-60-58-56-54-52-50-48-46-44-42-32-30-28-26-24-22-20-18-16-14-12-10-8-6-4-2/h5,7,11,13,17,19,23,25,29,31,34-35,37-38,40-41,45,47,51,53,74H,3-4,6,8-10,12,14-16,18,20-22,24,26-28,30,32-33,36,39,42-44,46,48-50,52,54-73,77H2,1-2H3,(H,80,81)/b7-5-,13-11-,19-17-,25-23-,31-29-,35-34-,38-37-,41-40-,47-45-,53-51-. The number of carbonyl (C=O) groups is 2. The van der Waals surface area contributed by atoms with Crippen molar-refractivity contribution in [3.63, 3.8) is 0 Å². The molecule has 0 spiro atoms. The van der Waals surface area contributed by atoms with E-state index in [0.717, 1.165) is 122 Å². The van der Waals surface area contributed by atoms with E-state index in [9.17, 15) is 19.0 Å². The van der Waals surface area contributed by atoms with Gasteiger partial charge in [-0.15, -0.1) is 0 Å². The molecular weight excluding hydrogens is 1090 g/mol. The Labute approximate surface area is 530 Å². The molecule has 0 bridgehead atoms. The van der Waals surface area contributed by atoms with Gasteiger partial charge >= 0.3 is 19.8 Å². The van der Waals surface area contributed by atoms with Crippen molar-refractivity contribution in [3.05, 3.63) is 122 Å². The van der Waals surface area contributed by atoms with E-state index in [1.54, 1.807) is 0 Å².